The third kappa shape index (κ3) is 8.35. The average molecular weight is 774 g/mol. The van der Waals surface area contributed by atoms with Gasteiger partial charge < -0.3 is 16.0 Å². The number of carbonyl (C=O) groups is 1. The van der Waals surface area contributed by atoms with E-state index >= 15 is 0 Å². The molecule has 0 saturated carbocycles. The maximum absolute atomic E-state index is 12.1. The number of hydrogen-bond acceptors (Lipinski definition) is 12. The Morgan fingerprint density at radius 1 is 0.792 bits per heavy atom. The van der Waals surface area contributed by atoms with Crippen LogP contribution in [0, 0.1) is 6.92 Å². The highest BCUT2D eigenvalue weighted by molar-refractivity contribution is 9.12. The van der Waals surface area contributed by atoms with Gasteiger partial charge in [0, 0.05) is 27.8 Å². The van der Waals surface area contributed by atoms with Gasteiger partial charge >= 0.3 is 0 Å². The Morgan fingerprint density at radius 2 is 1.40 bits per heavy atom. The number of nitrogens with zero attached hydrogens (tertiary/aromatic N) is 5. The van der Waals surface area contributed by atoms with Crippen molar-refractivity contribution in [1.82, 2.24) is 15.0 Å². The number of benzene rings is 4. The molecule has 1 heterocycles. The number of nitrogens with one attached hydrogen (secondary N) is 3. The lowest BCUT2D eigenvalue weighted by Crippen LogP contribution is -2.10. The van der Waals surface area contributed by atoms with E-state index in [1.165, 1.54) is 18.2 Å². The molecule has 0 radical (unpaired) electrons. The van der Waals surface area contributed by atoms with Crippen molar-refractivity contribution in [2.75, 3.05) is 16.0 Å². The summed E-state index contributed by atoms with van der Waals surface area (Å²) in [4.78, 5) is 23.1. The fourth-order valence-corrected chi connectivity index (χ4v) is 6.00. The monoisotopic (exact) mass is 772 g/mol. The highest BCUT2D eigenvalue weighted by Crippen LogP contribution is 2.34. The maximum atomic E-state index is 12.1. The molecule has 5 rings (SSSR count). The van der Waals surface area contributed by atoms with Crippen molar-refractivity contribution in [2.24, 2.45) is 10.2 Å². The van der Waals surface area contributed by atoms with Crippen molar-refractivity contribution in [2.45, 2.75) is 16.7 Å². The summed E-state index contributed by atoms with van der Waals surface area (Å²) in [5.41, 5.74) is 2.59. The number of rotatable bonds is 10. The third-order valence-corrected chi connectivity index (χ3v) is 8.77. The lowest BCUT2D eigenvalue weighted by atomic mass is 10.1. The summed E-state index contributed by atoms with van der Waals surface area (Å²) in [6.07, 6.45) is 0. The van der Waals surface area contributed by atoms with Gasteiger partial charge in [0.25, 0.3) is 26.1 Å². The maximum Gasteiger partial charge on any atom is 0.295 e. The van der Waals surface area contributed by atoms with Crippen molar-refractivity contribution in [3.63, 3.8) is 0 Å². The van der Waals surface area contributed by atoms with Crippen LogP contribution in [0.1, 0.15) is 5.56 Å². The Morgan fingerprint density at radius 3 is 2.00 bits per heavy atom. The van der Waals surface area contributed by atoms with Crippen LogP contribution in [-0.4, -0.2) is 46.8 Å². The number of hydrogen-bond donors (Lipinski definition) is 5. The number of azo groups is 1. The molecule has 0 aliphatic carbocycles. The first kappa shape index (κ1) is 34.5. The van der Waals surface area contributed by atoms with E-state index in [9.17, 15) is 30.7 Å². The zero-order valence-corrected chi connectivity index (χ0v) is 28.4. The van der Waals surface area contributed by atoms with Crippen LogP contribution in [0.2, 0.25) is 5.28 Å². The molecule has 0 spiro atoms. The molecule has 48 heavy (non-hydrogen) atoms. The molecular weight excluding hydrogens is 752 g/mol. The molecule has 0 atom stereocenters. The second-order valence-electron chi connectivity index (χ2n) is 9.88. The molecule has 19 heteroatoms. The number of halogens is 2. The molecule has 0 saturated heterocycles. The zero-order valence-electron chi connectivity index (χ0n) is 24.4. The van der Waals surface area contributed by atoms with Crippen molar-refractivity contribution < 1.29 is 30.7 Å². The van der Waals surface area contributed by atoms with E-state index in [1.807, 2.05) is 0 Å². The van der Waals surface area contributed by atoms with E-state index < -0.39 is 30.0 Å². The molecule has 246 valence electrons. The molecule has 0 fully saturated rings. The van der Waals surface area contributed by atoms with Gasteiger partial charge in [0.1, 0.15) is 9.79 Å². The van der Waals surface area contributed by atoms with Crippen LogP contribution in [0.4, 0.5) is 40.3 Å². The quantitative estimate of drug-likeness (QED) is 0.0538. The number of carbonyl (C=O) groups excluding carboxylic acids is 1. The van der Waals surface area contributed by atoms with Gasteiger partial charge in [0.2, 0.25) is 17.2 Å². The number of aryl methyl sites for hydroxylation is 1. The molecule has 15 nitrogen and oxygen atoms in total. The molecular formula is C29H22BrClN8O7S2. The van der Waals surface area contributed by atoms with Gasteiger partial charge in [0.05, 0.1) is 15.9 Å². The molecule has 5 N–H and O–H groups in total. The van der Waals surface area contributed by atoms with Gasteiger partial charge in [-0.25, -0.2) is 0 Å². The predicted molar refractivity (Wildman–Crippen MR) is 183 cm³/mol. The number of aromatic nitrogens is 3. The van der Waals surface area contributed by atoms with E-state index in [4.69, 9.17) is 11.6 Å². The normalized spacial score (nSPS) is 11.9. The van der Waals surface area contributed by atoms with E-state index in [-0.39, 0.29) is 44.0 Å². The van der Waals surface area contributed by atoms with Crippen molar-refractivity contribution in [3.05, 3.63) is 94.7 Å². The highest BCUT2D eigenvalue weighted by atomic mass is 79.9. The van der Waals surface area contributed by atoms with E-state index in [2.05, 4.69) is 63.6 Å². The van der Waals surface area contributed by atoms with Gasteiger partial charge in [-0.05, 0) is 101 Å². The van der Waals surface area contributed by atoms with Gasteiger partial charge in [-0.1, -0.05) is 18.7 Å². The molecule has 1 amide bonds. The summed E-state index contributed by atoms with van der Waals surface area (Å²) in [7, 11) is -9.55. The third-order valence-electron chi connectivity index (χ3n) is 6.44. The molecule has 5 aromatic rings. The largest absolute Gasteiger partial charge is 0.324 e. The van der Waals surface area contributed by atoms with Crippen molar-refractivity contribution >= 4 is 105 Å². The Bertz CT molecular complexity index is 2360. The van der Waals surface area contributed by atoms with Gasteiger partial charge in [-0.15, -0.1) is 0 Å². The summed E-state index contributed by atoms with van der Waals surface area (Å²) in [6.45, 7) is 5.25. The molecule has 1 aromatic heterocycles. The number of anilines is 5. The molecule has 0 bridgehead atoms. The van der Waals surface area contributed by atoms with Gasteiger partial charge in [-0.2, -0.15) is 42.0 Å². The van der Waals surface area contributed by atoms with Crippen LogP contribution in [0.25, 0.3) is 10.8 Å². The van der Waals surface area contributed by atoms with Crippen LogP contribution in [-0.2, 0) is 25.0 Å². The molecule has 0 unspecified atom stereocenters. The van der Waals surface area contributed by atoms with E-state index in [0.29, 0.717) is 28.3 Å². The lowest BCUT2D eigenvalue weighted by Gasteiger charge is -2.10. The summed E-state index contributed by atoms with van der Waals surface area (Å²) in [6, 6.07) is 17.5. The summed E-state index contributed by atoms with van der Waals surface area (Å²) in [5.74, 6) is -0.116. The molecule has 0 aliphatic heterocycles. The van der Waals surface area contributed by atoms with Crippen molar-refractivity contribution in [1.29, 1.82) is 0 Å². The zero-order chi connectivity index (χ0) is 34.8. The summed E-state index contributed by atoms with van der Waals surface area (Å²) >= 11 is 9.15. The predicted octanol–water partition coefficient (Wildman–Crippen LogP) is 7.23. The topological polar surface area (TPSA) is 225 Å². The number of fused-ring (bicyclic) bond motifs is 1. The minimum absolute atomic E-state index is 0.0892. The average Bonchev–Trinajstić information content (AvgIpc) is 2.99. The lowest BCUT2D eigenvalue weighted by molar-refractivity contribution is -0.112. The van der Waals surface area contributed by atoms with Crippen LogP contribution >= 0.6 is 27.5 Å². The van der Waals surface area contributed by atoms with Crippen LogP contribution in [0.15, 0.2) is 104 Å². The molecule has 4 aromatic carbocycles. The van der Waals surface area contributed by atoms with E-state index in [0.717, 1.165) is 12.1 Å². The van der Waals surface area contributed by atoms with Crippen LogP contribution in [0.3, 0.4) is 0 Å². The smallest absolute Gasteiger partial charge is 0.295 e. The second kappa shape index (κ2) is 13.7. The summed E-state index contributed by atoms with van der Waals surface area (Å²) in [5, 5.41) is 16.5. The highest BCUT2D eigenvalue weighted by Gasteiger charge is 2.21. The fourth-order valence-electron chi connectivity index (χ4n) is 4.32. The minimum atomic E-state index is -4.81. The van der Waals surface area contributed by atoms with Crippen LogP contribution < -0.4 is 16.0 Å². The Hall–Kier alpha value is -4.85. The Balaban J connectivity index is 1.36. The van der Waals surface area contributed by atoms with Crippen LogP contribution in [0.5, 0.6) is 0 Å². The van der Waals surface area contributed by atoms with Gasteiger partial charge in [0.15, 0.2) is 0 Å². The van der Waals surface area contributed by atoms with E-state index in [1.54, 1.807) is 49.4 Å². The minimum Gasteiger partial charge on any atom is -0.324 e. The first-order valence-corrected chi connectivity index (χ1v) is 17.4. The first-order valence-electron chi connectivity index (χ1n) is 13.3. The Kier molecular flexibility index (Phi) is 9.85. The Labute approximate surface area is 286 Å². The van der Waals surface area contributed by atoms with Gasteiger partial charge in [-0.3, -0.25) is 13.9 Å². The standard InChI is InChI=1S/C29H22BrClN8O7S2/c1-15-12-19(34-29-36-27(31)35-28(37-29)33-18-8-6-17(7-9-18)32-26(40)16(2)30)10-11-23(15)39-38-20-13-22-21(25(14-20)48(44,45)46)4-3-5-24(22)47(41,42)43/h3-14H,2H2,1H3,(H,32,40)(H,41,42,43)(H,44,45,46)(H2,33,34,35,36,37). The SMILES string of the molecule is C=C(Br)C(=O)Nc1ccc(Nc2nc(Cl)nc(Nc3ccc(N=Nc4cc(S(=O)(=O)O)c5cccc(S(=O)(=O)O)c5c4)c(C)c3)n2)cc1. The van der Waals surface area contributed by atoms with Crippen molar-refractivity contribution in [3.8, 4) is 0 Å². The summed E-state index contributed by atoms with van der Waals surface area (Å²) < 4.78 is 67.7. The number of amides is 1. The first-order chi connectivity index (χ1) is 22.6. The fraction of sp³-hybridized carbons (Fsp3) is 0.0345. The second-order valence-corrected chi connectivity index (χ2v) is 14.0. The molecule has 0 aliphatic rings.